The van der Waals surface area contributed by atoms with Crippen LogP contribution in [-0.4, -0.2) is 17.4 Å². The normalized spacial score (nSPS) is 11.6. The maximum absolute atomic E-state index is 12.3. The minimum Gasteiger partial charge on any atom is -0.494 e. The number of benzene rings is 1. The summed E-state index contributed by atoms with van der Waals surface area (Å²) in [5, 5.41) is 0.859. The van der Waals surface area contributed by atoms with Crippen LogP contribution in [-0.2, 0) is 6.42 Å². The second-order valence-electron chi connectivity index (χ2n) is 3.54. The number of halogens is 4. The van der Waals surface area contributed by atoms with Crippen molar-refractivity contribution in [1.29, 1.82) is 0 Å². The van der Waals surface area contributed by atoms with E-state index in [1.54, 1.807) is 6.07 Å². The Morgan fingerprint density at radius 1 is 1.33 bits per heavy atom. The molecule has 1 aromatic carbocycles. The van der Waals surface area contributed by atoms with Crippen molar-refractivity contribution in [3.8, 4) is 5.75 Å². The van der Waals surface area contributed by atoms with Gasteiger partial charge in [0.15, 0.2) is 0 Å². The molecular weight excluding hydrogens is 329 g/mol. The van der Waals surface area contributed by atoms with Crippen molar-refractivity contribution >= 4 is 27.7 Å². The van der Waals surface area contributed by atoms with Crippen molar-refractivity contribution in [2.75, 3.05) is 11.9 Å². The van der Waals surface area contributed by atoms with Crippen LogP contribution in [0.1, 0.15) is 18.9 Å². The van der Waals surface area contributed by atoms with Crippen LogP contribution in [0.4, 0.5) is 13.2 Å². The van der Waals surface area contributed by atoms with E-state index in [0.29, 0.717) is 12.4 Å². The zero-order chi connectivity index (χ0) is 13.6. The summed E-state index contributed by atoms with van der Waals surface area (Å²) < 4.78 is 42.2. The predicted octanol–water partition coefficient (Wildman–Crippen LogP) is 5.02. The highest BCUT2D eigenvalue weighted by atomic mass is 79.9. The number of hydrogen-bond acceptors (Lipinski definition) is 2. The van der Waals surface area contributed by atoms with Gasteiger partial charge in [-0.05, 0) is 49.2 Å². The van der Waals surface area contributed by atoms with Gasteiger partial charge in [0, 0.05) is 10.2 Å². The van der Waals surface area contributed by atoms with Crippen molar-refractivity contribution in [2.45, 2.75) is 30.2 Å². The van der Waals surface area contributed by atoms with Crippen LogP contribution in [0, 0.1) is 0 Å². The van der Waals surface area contributed by atoms with Gasteiger partial charge < -0.3 is 4.74 Å². The first-order valence-corrected chi connectivity index (χ1v) is 7.47. The van der Waals surface area contributed by atoms with Crippen LogP contribution < -0.4 is 4.74 Å². The van der Waals surface area contributed by atoms with E-state index in [4.69, 9.17) is 4.74 Å². The fraction of sp³-hybridized carbons (Fsp3) is 0.500. The van der Waals surface area contributed by atoms with Crippen LogP contribution in [0.25, 0.3) is 0 Å². The smallest absolute Gasteiger partial charge is 0.446 e. The molecule has 0 bridgehead atoms. The predicted molar refractivity (Wildman–Crippen MR) is 71.6 cm³/mol. The highest BCUT2D eigenvalue weighted by molar-refractivity contribution is 9.09. The second kappa shape index (κ2) is 7.28. The molecule has 0 radical (unpaired) electrons. The minimum absolute atomic E-state index is 0.116. The number of ether oxygens (including phenoxy) is 1. The third-order valence-electron chi connectivity index (χ3n) is 2.15. The molecule has 18 heavy (non-hydrogen) atoms. The maximum Gasteiger partial charge on any atom is 0.446 e. The van der Waals surface area contributed by atoms with Gasteiger partial charge in [-0.25, -0.2) is 0 Å². The van der Waals surface area contributed by atoms with Crippen LogP contribution >= 0.6 is 27.7 Å². The molecular formula is C12H14BrF3OS. The molecule has 0 amide bonds. The quantitative estimate of drug-likeness (QED) is 0.530. The van der Waals surface area contributed by atoms with Crippen LogP contribution in [0.5, 0.6) is 5.75 Å². The average molecular weight is 343 g/mol. The van der Waals surface area contributed by atoms with Crippen LogP contribution in [0.3, 0.4) is 0 Å². The highest BCUT2D eigenvalue weighted by Crippen LogP contribution is 2.38. The van der Waals surface area contributed by atoms with E-state index in [1.807, 2.05) is 6.92 Å². The molecule has 0 aliphatic carbocycles. The summed E-state index contributed by atoms with van der Waals surface area (Å²) in [4.78, 5) is 0.161. The Morgan fingerprint density at radius 2 is 2.06 bits per heavy atom. The Morgan fingerprint density at radius 3 is 2.61 bits per heavy atom. The average Bonchev–Trinajstić information content (AvgIpc) is 2.26. The lowest BCUT2D eigenvalue weighted by Gasteiger charge is -2.12. The molecule has 1 nitrogen and oxygen atoms in total. The Labute approximate surface area is 117 Å². The zero-order valence-corrected chi connectivity index (χ0v) is 12.3. The summed E-state index contributed by atoms with van der Waals surface area (Å²) in [5.41, 5.74) is -3.32. The van der Waals surface area contributed by atoms with E-state index in [-0.39, 0.29) is 16.7 Å². The lowest BCUT2D eigenvalue weighted by Crippen LogP contribution is -2.01. The van der Waals surface area contributed by atoms with Crippen molar-refractivity contribution in [2.24, 2.45) is 0 Å². The lowest BCUT2D eigenvalue weighted by molar-refractivity contribution is -0.0328. The molecule has 1 aromatic rings. The molecule has 0 aliphatic rings. The van der Waals surface area contributed by atoms with E-state index >= 15 is 0 Å². The van der Waals surface area contributed by atoms with E-state index in [9.17, 15) is 13.2 Å². The van der Waals surface area contributed by atoms with Gasteiger partial charge in [0.25, 0.3) is 0 Å². The summed E-state index contributed by atoms with van der Waals surface area (Å²) in [6.07, 6.45) is 1.71. The molecule has 0 spiro atoms. The van der Waals surface area contributed by atoms with Gasteiger partial charge in [0.1, 0.15) is 5.75 Å². The Hall–Kier alpha value is -0.360. The molecule has 0 heterocycles. The Bertz CT molecular complexity index is 382. The number of alkyl halides is 4. The van der Waals surface area contributed by atoms with Gasteiger partial charge >= 0.3 is 5.51 Å². The molecule has 0 saturated heterocycles. The summed E-state index contributed by atoms with van der Waals surface area (Å²) in [6.45, 7) is 2.26. The summed E-state index contributed by atoms with van der Waals surface area (Å²) in [6, 6.07) is 4.66. The van der Waals surface area contributed by atoms with Crippen molar-refractivity contribution in [3.05, 3.63) is 23.8 Å². The minimum atomic E-state index is -4.26. The zero-order valence-electron chi connectivity index (χ0n) is 9.89. The number of hydrogen-bond donors (Lipinski definition) is 0. The number of rotatable bonds is 6. The fourth-order valence-electron chi connectivity index (χ4n) is 1.49. The number of thioether (sulfide) groups is 1. The molecule has 0 saturated carbocycles. The standard InChI is InChI=1S/C12H14BrF3OS/c1-2-17-11-8-10(18-12(14,15)16)6-5-9(11)4-3-7-13/h5-6,8H,2-4,7H2,1H3. The summed E-state index contributed by atoms with van der Waals surface area (Å²) >= 11 is 3.22. The van der Waals surface area contributed by atoms with Crippen molar-refractivity contribution in [1.82, 2.24) is 0 Å². The second-order valence-corrected chi connectivity index (χ2v) is 5.47. The van der Waals surface area contributed by atoms with Crippen LogP contribution in [0.15, 0.2) is 23.1 Å². The highest BCUT2D eigenvalue weighted by Gasteiger charge is 2.29. The van der Waals surface area contributed by atoms with Gasteiger partial charge in [-0.1, -0.05) is 22.0 Å². The van der Waals surface area contributed by atoms with E-state index in [1.165, 1.54) is 12.1 Å². The topological polar surface area (TPSA) is 9.23 Å². The van der Waals surface area contributed by atoms with E-state index in [0.717, 1.165) is 23.7 Å². The Balaban J connectivity index is 2.88. The SMILES string of the molecule is CCOc1cc(SC(F)(F)F)ccc1CCCBr. The fourth-order valence-corrected chi connectivity index (χ4v) is 2.34. The van der Waals surface area contributed by atoms with Gasteiger partial charge in [0.2, 0.25) is 0 Å². The van der Waals surface area contributed by atoms with Gasteiger partial charge in [-0.3, -0.25) is 0 Å². The first kappa shape index (κ1) is 15.7. The van der Waals surface area contributed by atoms with E-state index < -0.39 is 5.51 Å². The Kier molecular flexibility index (Phi) is 6.35. The molecule has 0 aliphatic heterocycles. The third-order valence-corrected chi connectivity index (χ3v) is 3.43. The third kappa shape index (κ3) is 5.52. The van der Waals surface area contributed by atoms with Crippen molar-refractivity contribution < 1.29 is 17.9 Å². The largest absolute Gasteiger partial charge is 0.494 e. The molecule has 6 heteroatoms. The molecule has 0 N–H and O–H groups in total. The summed E-state index contributed by atoms with van der Waals surface area (Å²) in [5.74, 6) is 0.549. The molecule has 0 unspecified atom stereocenters. The first-order chi connectivity index (χ1) is 8.46. The molecule has 1 rings (SSSR count). The number of aryl methyl sites for hydroxylation is 1. The van der Waals surface area contributed by atoms with Gasteiger partial charge in [-0.15, -0.1) is 0 Å². The molecule has 0 atom stereocenters. The van der Waals surface area contributed by atoms with Crippen LogP contribution in [0.2, 0.25) is 0 Å². The maximum atomic E-state index is 12.3. The monoisotopic (exact) mass is 342 g/mol. The first-order valence-electron chi connectivity index (χ1n) is 5.53. The summed E-state index contributed by atoms with van der Waals surface area (Å²) in [7, 11) is 0. The molecule has 0 fully saturated rings. The van der Waals surface area contributed by atoms with Gasteiger partial charge in [-0.2, -0.15) is 13.2 Å². The van der Waals surface area contributed by atoms with Crippen molar-refractivity contribution in [3.63, 3.8) is 0 Å². The van der Waals surface area contributed by atoms with Gasteiger partial charge in [0.05, 0.1) is 6.61 Å². The van der Waals surface area contributed by atoms with E-state index in [2.05, 4.69) is 15.9 Å². The lowest BCUT2D eigenvalue weighted by atomic mass is 10.1. The molecule has 0 aromatic heterocycles. The molecule has 102 valence electrons.